The molecule has 0 aliphatic heterocycles. The van der Waals surface area contributed by atoms with Gasteiger partial charge in [-0.25, -0.2) is 0 Å². The first-order valence-corrected chi connectivity index (χ1v) is 18.1. The van der Waals surface area contributed by atoms with E-state index in [0.29, 0.717) is 5.92 Å². The molecule has 0 saturated heterocycles. The molecule has 0 bridgehead atoms. The number of benzene rings is 5. The van der Waals surface area contributed by atoms with E-state index in [0.717, 1.165) is 54.6 Å². The fraction of sp³-hybridized carbons (Fsp3) is 0.333. The highest BCUT2D eigenvalue weighted by atomic mass is 16.5. The average molecular weight is 640 g/mol. The Morgan fingerprint density at radius 3 is 1.08 bits per heavy atom. The van der Waals surface area contributed by atoms with Crippen molar-refractivity contribution in [3.8, 4) is 33.8 Å². The Bertz CT molecular complexity index is 1520. The first-order chi connectivity index (χ1) is 23.6. The van der Waals surface area contributed by atoms with E-state index < -0.39 is 0 Å². The summed E-state index contributed by atoms with van der Waals surface area (Å²) in [6.45, 7) is 10.5. The van der Waals surface area contributed by atoms with Crippen molar-refractivity contribution >= 4 is 17.1 Å². The Morgan fingerprint density at radius 1 is 0.417 bits per heavy atom. The lowest BCUT2D eigenvalue weighted by molar-refractivity contribution is 0.305. The van der Waals surface area contributed by atoms with E-state index in [2.05, 4.69) is 154 Å². The van der Waals surface area contributed by atoms with Crippen molar-refractivity contribution in [1.82, 2.24) is 0 Å². The van der Waals surface area contributed by atoms with Crippen LogP contribution in [0.25, 0.3) is 22.3 Å². The van der Waals surface area contributed by atoms with E-state index in [-0.39, 0.29) is 0 Å². The minimum atomic E-state index is 0.488. The molecule has 3 heteroatoms. The van der Waals surface area contributed by atoms with Crippen LogP contribution in [0.5, 0.6) is 11.5 Å². The monoisotopic (exact) mass is 639 g/mol. The summed E-state index contributed by atoms with van der Waals surface area (Å²) in [4.78, 5) is 2.34. The molecule has 0 fully saturated rings. The van der Waals surface area contributed by atoms with Crippen LogP contribution in [0.1, 0.15) is 90.5 Å². The molecule has 0 atom stereocenters. The molecular weight excluding hydrogens is 587 g/mol. The van der Waals surface area contributed by atoms with Gasteiger partial charge in [-0.2, -0.15) is 0 Å². The van der Waals surface area contributed by atoms with Crippen LogP contribution in [0.3, 0.4) is 0 Å². The van der Waals surface area contributed by atoms with Crippen molar-refractivity contribution in [2.45, 2.75) is 85.0 Å². The molecule has 0 saturated carbocycles. The van der Waals surface area contributed by atoms with E-state index in [4.69, 9.17) is 9.47 Å². The molecule has 0 amide bonds. The fourth-order valence-corrected chi connectivity index (χ4v) is 5.99. The van der Waals surface area contributed by atoms with E-state index >= 15 is 0 Å². The second kappa shape index (κ2) is 18.2. The summed E-state index contributed by atoms with van der Waals surface area (Å²) in [5, 5.41) is 0. The number of ether oxygens (including phenoxy) is 2. The summed E-state index contributed by atoms with van der Waals surface area (Å²) in [5.74, 6) is 2.36. The maximum absolute atomic E-state index is 5.97. The minimum absolute atomic E-state index is 0.488. The van der Waals surface area contributed by atoms with Gasteiger partial charge in [-0.15, -0.1) is 0 Å². The van der Waals surface area contributed by atoms with Gasteiger partial charge in [-0.1, -0.05) is 127 Å². The van der Waals surface area contributed by atoms with Crippen LogP contribution in [0, 0.1) is 0 Å². The number of anilines is 3. The van der Waals surface area contributed by atoms with Gasteiger partial charge in [-0.05, 0) is 107 Å². The van der Waals surface area contributed by atoms with Crippen molar-refractivity contribution in [1.29, 1.82) is 0 Å². The van der Waals surface area contributed by atoms with Gasteiger partial charge in [0.2, 0.25) is 0 Å². The predicted octanol–water partition coefficient (Wildman–Crippen LogP) is 13.5. The van der Waals surface area contributed by atoms with E-state index in [9.17, 15) is 0 Å². The van der Waals surface area contributed by atoms with Gasteiger partial charge in [0.25, 0.3) is 0 Å². The number of hydrogen-bond donors (Lipinski definition) is 0. The standard InChI is InChI=1S/C45H53NO2/c1-5-7-9-11-33-47-44-29-19-39(20-30-44)37-15-25-42(26-16-37)46(41-23-13-36(14-24-41)35(3)4)43-27-17-38(18-28-43)40-21-31-45(32-22-40)48-34-12-10-8-6-2/h13-32,35H,5-12,33-34H2,1-4H3. The first-order valence-electron chi connectivity index (χ1n) is 18.1. The summed E-state index contributed by atoms with van der Waals surface area (Å²) in [5.41, 5.74) is 9.47. The second-order valence-corrected chi connectivity index (χ2v) is 13.0. The molecule has 250 valence electrons. The lowest BCUT2D eigenvalue weighted by atomic mass is 10.0. The van der Waals surface area contributed by atoms with Crippen molar-refractivity contribution in [2.24, 2.45) is 0 Å². The van der Waals surface area contributed by atoms with E-state index in [1.54, 1.807) is 0 Å². The molecule has 0 aromatic heterocycles. The molecule has 0 unspecified atom stereocenters. The SMILES string of the molecule is CCCCCCOc1ccc(-c2ccc(N(c3ccc(-c4ccc(OCCCCCC)cc4)cc3)c3ccc(C(C)C)cc3)cc2)cc1. The number of hydrogen-bond acceptors (Lipinski definition) is 3. The summed E-state index contributed by atoms with van der Waals surface area (Å²) in [6.07, 6.45) is 9.71. The Kier molecular flexibility index (Phi) is 13.2. The van der Waals surface area contributed by atoms with Crippen LogP contribution in [-0.4, -0.2) is 13.2 Å². The molecule has 48 heavy (non-hydrogen) atoms. The molecule has 0 spiro atoms. The van der Waals surface area contributed by atoms with Gasteiger partial charge in [0, 0.05) is 17.1 Å². The van der Waals surface area contributed by atoms with Gasteiger partial charge in [0.05, 0.1) is 13.2 Å². The lowest BCUT2D eigenvalue weighted by Crippen LogP contribution is -2.10. The van der Waals surface area contributed by atoms with Gasteiger partial charge in [-0.3, -0.25) is 0 Å². The molecule has 0 radical (unpaired) electrons. The lowest BCUT2D eigenvalue weighted by Gasteiger charge is -2.26. The van der Waals surface area contributed by atoms with Crippen molar-refractivity contribution in [3.63, 3.8) is 0 Å². The number of nitrogens with zero attached hydrogens (tertiary/aromatic N) is 1. The van der Waals surface area contributed by atoms with Gasteiger partial charge in [0.15, 0.2) is 0 Å². The third kappa shape index (κ3) is 9.76. The van der Waals surface area contributed by atoms with Crippen LogP contribution in [-0.2, 0) is 0 Å². The third-order valence-electron chi connectivity index (χ3n) is 8.98. The molecule has 5 rings (SSSR count). The molecule has 0 aliphatic carbocycles. The smallest absolute Gasteiger partial charge is 0.119 e. The summed E-state index contributed by atoms with van der Waals surface area (Å²) in [6, 6.07) is 43.7. The Morgan fingerprint density at radius 2 is 0.750 bits per heavy atom. The zero-order valence-electron chi connectivity index (χ0n) is 29.5. The van der Waals surface area contributed by atoms with Crippen LogP contribution in [0.15, 0.2) is 121 Å². The highest BCUT2D eigenvalue weighted by molar-refractivity contribution is 5.80. The summed E-state index contributed by atoms with van der Waals surface area (Å²) >= 11 is 0. The van der Waals surface area contributed by atoms with Crippen LogP contribution < -0.4 is 14.4 Å². The van der Waals surface area contributed by atoms with Crippen molar-refractivity contribution in [3.05, 3.63) is 127 Å². The maximum Gasteiger partial charge on any atom is 0.119 e. The predicted molar refractivity (Wildman–Crippen MR) is 205 cm³/mol. The van der Waals surface area contributed by atoms with Crippen LogP contribution >= 0.6 is 0 Å². The van der Waals surface area contributed by atoms with Gasteiger partial charge < -0.3 is 14.4 Å². The Hall–Kier alpha value is -4.50. The topological polar surface area (TPSA) is 21.7 Å². The zero-order valence-corrected chi connectivity index (χ0v) is 29.5. The number of unbranched alkanes of at least 4 members (excludes halogenated alkanes) is 6. The highest BCUT2D eigenvalue weighted by Gasteiger charge is 2.14. The van der Waals surface area contributed by atoms with Crippen LogP contribution in [0.4, 0.5) is 17.1 Å². The van der Waals surface area contributed by atoms with Crippen LogP contribution in [0.2, 0.25) is 0 Å². The second-order valence-electron chi connectivity index (χ2n) is 13.0. The molecule has 0 N–H and O–H groups in total. The average Bonchev–Trinajstić information content (AvgIpc) is 3.13. The van der Waals surface area contributed by atoms with E-state index in [1.165, 1.54) is 66.3 Å². The van der Waals surface area contributed by atoms with Gasteiger partial charge >= 0.3 is 0 Å². The third-order valence-corrected chi connectivity index (χ3v) is 8.98. The first kappa shape index (κ1) is 34.8. The highest BCUT2D eigenvalue weighted by Crippen LogP contribution is 2.37. The molecular formula is C45H53NO2. The quantitative estimate of drug-likeness (QED) is 0.0891. The van der Waals surface area contributed by atoms with Gasteiger partial charge in [0.1, 0.15) is 11.5 Å². The minimum Gasteiger partial charge on any atom is -0.494 e. The van der Waals surface area contributed by atoms with E-state index in [1.807, 2.05) is 0 Å². The fourth-order valence-electron chi connectivity index (χ4n) is 5.99. The largest absolute Gasteiger partial charge is 0.494 e. The number of rotatable bonds is 18. The molecule has 5 aromatic carbocycles. The zero-order chi connectivity index (χ0) is 33.6. The molecule has 0 heterocycles. The molecule has 5 aromatic rings. The normalized spacial score (nSPS) is 11.1. The van der Waals surface area contributed by atoms with Crippen molar-refractivity contribution in [2.75, 3.05) is 18.1 Å². The van der Waals surface area contributed by atoms with Crippen molar-refractivity contribution < 1.29 is 9.47 Å². The Labute approximate surface area is 289 Å². The summed E-state index contributed by atoms with van der Waals surface area (Å²) < 4.78 is 11.9. The summed E-state index contributed by atoms with van der Waals surface area (Å²) in [7, 11) is 0. The molecule has 0 aliphatic rings. The maximum atomic E-state index is 5.97. The Balaban J connectivity index is 1.32. The molecule has 3 nitrogen and oxygen atoms in total.